The zero-order chi connectivity index (χ0) is 19.0. The number of furan rings is 1. The Morgan fingerprint density at radius 2 is 1.74 bits per heavy atom. The number of hydrogen-bond donors (Lipinski definition) is 1. The van der Waals surface area contributed by atoms with E-state index in [0.29, 0.717) is 29.3 Å². The fourth-order valence-corrected chi connectivity index (χ4v) is 2.93. The molecule has 5 heteroatoms. The van der Waals surface area contributed by atoms with E-state index in [1.165, 1.54) is 6.92 Å². The average molecular weight is 362 g/mol. The molecule has 5 nitrogen and oxygen atoms in total. The van der Waals surface area contributed by atoms with Crippen molar-refractivity contribution in [3.05, 3.63) is 81.7 Å². The summed E-state index contributed by atoms with van der Waals surface area (Å²) in [5, 5.41) is 10.9. The van der Waals surface area contributed by atoms with E-state index in [1.807, 2.05) is 42.5 Å². The summed E-state index contributed by atoms with van der Waals surface area (Å²) in [7, 11) is 0. The van der Waals surface area contributed by atoms with Gasteiger partial charge in [-0.2, -0.15) is 0 Å². The van der Waals surface area contributed by atoms with E-state index in [1.54, 1.807) is 19.1 Å². The summed E-state index contributed by atoms with van der Waals surface area (Å²) in [5.41, 5.74) is 1.79. The monoisotopic (exact) mass is 362 g/mol. The second-order valence-corrected chi connectivity index (χ2v) is 6.40. The molecule has 136 valence electrons. The van der Waals surface area contributed by atoms with Gasteiger partial charge in [0, 0.05) is 10.9 Å². The zero-order valence-electron chi connectivity index (χ0n) is 15.0. The predicted molar refractivity (Wildman–Crippen MR) is 102 cm³/mol. The Balaban J connectivity index is 1.66. The van der Waals surface area contributed by atoms with Gasteiger partial charge in [0.2, 0.25) is 0 Å². The molecule has 4 rings (SSSR count). The van der Waals surface area contributed by atoms with Crippen LogP contribution in [0.5, 0.6) is 11.5 Å². The minimum Gasteiger partial charge on any atom is -0.507 e. The van der Waals surface area contributed by atoms with Crippen LogP contribution in [-0.4, -0.2) is 5.11 Å². The maximum absolute atomic E-state index is 11.9. The molecular weight excluding hydrogens is 344 g/mol. The van der Waals surface area contributed by atoms with E-state index in [2.05, 4.69) is 0 Å². The molecule has 0 atom stereocenters. The Labute approximate surface area is 155 Å². The van der Waals surface area contributed by atoms with Crippen LogP contribution >= 0.6 is 0 Å². The standard InChI is InChI=1S/C22H18O5/c1-13-20(23)14(2)22(24)27-21(13)19-11-16-10-17(8-9-18(16)26-19)25-12-15-6-4-3-5-7-15/h3-11,23H,12H2,1-2H3. The topological polar surface area (TPSA) is 72.8 Å². The van der Waals surface area contributed by atoms with Crippen LogP contribution in [-0.2, 0) is 6.61 Å². The van der Waals surface area contributed by atoms with Crippen LogP contribution in [0.1, 0.15) is 16.7 Å². The highest BCUT2D eigenvalue weighted by molar-refractivity contribution is 5.84. The molecule has 0 fully saturated rings. The first kappa shape index (κ1) is 17.0. The summed E-state index contributed by atoms with van der Waals surface area (Å²) in [6.07, 6.45) is 0. The van der Waals surface area contributed by atoms with Crippen molar-refractivity contribution in [3.8, 4) is 23.0 Å². The van der Waals surface area contributed by atoms with Crippen molar-refractivity contribution >= 4 is 11.0 Å². The van der Waals surface area contributed by atoms with Crippen molar-refractivity contribution in [3.63, 3.8) is 0 Å². The number of hydrogen-bond acceptors (Lipinski definition) is 5. The highest BCUT2D eigenvalue weighted by Crippen LogP contribution is 2.34. The lowest BCUT2D eigenvalue weighted by atomic mass is 10.1. The molecule has 2 heterocycles. The van der Waals surface area contributed by atoms with Crippen LogP contribution in [0.15, 0.2) is 68.2 Å². The van der Waals surface area contributed by atoms with Crippen LogP contribution in [0.4, 0.5) is 0 Å². The largest absolute Gasteiger partial charge is 0.507 e. The molecule has 1 N–H and O–H groups in total. The third-order valence-corrected chi connectivity index (χ3v) is 4.51. The van der Waals surface area contributed by atoms with E-state index in [4.69, 9.17) is 13.6 Å². The van der Waals surface area contributed by atoms with Gasteiger partial charge in [-0.05, 0) is 43.7 Å². The fourth-order valence-electron chi connectivity index (χ4n) is 2.93. The van der Waals surface area contributed by atoms with Crippen LogP contribution in [0.25, 0.3) is 22.5 Å². The average Bonchev–Trinajstić information content (AvgIpc) is 3.11. The van der Waals surface area contributed by atoms with Crippen LogP contribution in [0.3, 0.4) is 0 Å². The van der Waals surface area contributed by atoms with Gasteiger partial charge in [0.25, 0.3) is 0 Å². The highest BCUT2D eigenvalue weighted by Gasteiger charge is 2.18. The highest BCUT2D eigenvalue weighted by atomic mass is 16.5. The number of aromatic hydroxyl groups is 1. The first-order valence-corrected chi connectivity index (χ1v) is 8.57. The van der Waals surface area contributed by atoms with Crippen molar-refractivity contribution in [2.45, 2.75) is 20.5 Å². The summed E-state index contributed by atoms with van der Waals surface area (Å²) in [4.78, 5) is 11.9. The lowest BCUT2D eigenvalue weighted by Crippen LogP contribution is -2.05. The molecule has 27 heavy (non-hydrogen) atoms. The maximum atomic E-state index is 11.9. The molecule has 0 aliphatic heterocycles. The minimum atomic E-state index is -0.583. The van der Waals surface area contributed by atoms with Gasteiger partial charge >= 0.3 is 5.63 Å². The van der Waals surface area contributed by atoms with E-state index in [-0.39, 0.29) is 17.1 Å². The van der Waals surface area contributed by atoms with E-state index >= 15 is 0 Å². The molecular formula is C22H18O5. The summed E-state index contributed by atoms with van der Waals surface area (Å²) >= 11 is 0. The van der Waals surface area contributed by atoms with Crippen molar-refractivity contribution in [2.24, 2.45) is 0 Å². The molecule has 0 aliphatic rings. The first-order valence-electron chi connectivity index (χ1n) is 8.57. The Morgan fingerprint density at radius 3 is 2.52 bits per heavy atom. The van der Waals surface area contributed by atoms with Crippen LogP contribution in [0.2, 0.25) is 0 Å². The molecule has 0 aliphatic carbocycles. The Morgan fingerprint density at radius 1 is 0.963 bits per heavy atom. The number of rotatable bonds is 4. The van der Waals surface area contributed by atoms with Crippen molar-refractivity contribution in [1.29, 1.82) is 0 Å². The van der Waals surface area contributed by atoms with Crippen molar-refractivity contribution in [2.75, 3.05) is 0 Å². The maximum Gasteiger partial charge on any atom is 0.343 e. The zero-order valence-corrected chi connectivity index (χ0v) is 15.0. The summed E-state index contributed by atoms with van der Waals surface area (Å²) in [6, 6.07) is 17.2. The molecule has 0 unspecified atom stereocenters. The normalized spacial score (nSPS) is 11.0. The third kappa shape index (κ3) is 3.19. The van der Waals surface area contributed by atoms with Gasteiger partial charge in [0.1, 0.15) is 23.7 Å². The van der Waals surface area contributed by atoms with Gasteiger partial charge in [-0.1, -0.05) is 30.3 Å². The number of benzene rings is 2. The third-order valence-electron chi connectivity index (χ3n) is 4.51. The molecule has 4 aromatic rings. The Hall–Kier alpha value is -3.47. The smallest absolute Gasteiger partial charge is 0.343 e. The lowest BCUT2D eigenvalue weighted by molar-refractivity contribution is 0.306. The van der Waals surface area contributed by atoms with E-state index in [9.17, 15) is 9.90 Å². The van der Waals surface area contributed by atoms with Gasteiger partial charge in [0.15, 0.2) is 11.5 Å². The molecule has 0 radical (unpaired) electrons. The first-order chi connectivity index (χ1) is 13.0. The number of ether oxygens (including phenoxy) is 1. The molecule has 2 aromatic heterocycles. The summed E-state index contributed by atoms with van der Waals surface area (Å²) in [6.45, 7) is 3.67. The molecule has 2 aromatic carbocycles. The summed E-state index contributed by atoms with van der Waals surface area (Å²) in [5.74, 6) is 1.25. The van der Waals surface area contributed by atoms with Crippen LogP contribution < -0.4 is 10.4 Å². The molecule has 0 bridgehead atoms. The van der Waals surface area contributed by atoms with Gasteiger partial charge in [-0.15, -0.1) is 0 Å². The number of fused-ring (bicyclic) bond motifs is 1. The molecule has 0 spiro atoms. The summed E-state index contributed by atoms with van der Waals surface area (Å²) < 4.78 is 17.0. The SMILES string of the molecule is Cc1c(-c2cc3cc(OCc4ccccc4)ccc3o2)oc(=O)c(C)c1O. The van der Waals surface area contributed by atoms with E-state index < -0.39 is 5.63 Å². The molecule has 0 saturated carbocycles. The minimum absolute atomic E-state index is 0.0754. The van der Waals surface area contributed by atoms with Gasteiger partial charge in [-0.25, -0.2) is 4.79 Å². The second kappa shape index (κ2) is 6.68. The van der Waals surface area contributed by atoms with Gasteiger partial charge < -0.3 is 18.7 Å². The predicted octanol–water partition coefficient (Wildman–Crippen LogP) is 4.95. The quantitative estimate of drug-likeness (QED) is 0.556. The molecule has 0 amide bonds. The van der Waals surface area contributed by atoms with Gasteiger partial charge in [0.05, 0.1) is 5.56 Å². The lowest BCUT2D eigenvalue weighted by Gasteiger charge is -2.05. The van der Waals surface area contributed by atoms with Crippen LogP contribution in [0, 0.1) is 13.8 Å². The second-order valence-electron chi connectivity index (χ2n) is 6.40. The van der Waals surface area contributed by atoms with E-state index in [0.717, 1.165) is 10.9 Å². The van der Waals surface area contributed by atoms with Crippen molar-refractivity contribution in [1.82, 2.24) is 0 Å². The van der Waals surface area contributed by atoms with Crippen molar-refractivity contribution < 1.29 is 18.7 Å². The van der Waals surface area contributed by atoms with Gasteiger partial charge in [-0.3, -0.25) is 0 Å². The Bertz CT molecular complexity index is 1170. The molecule has 0 saturated heterocycles. The Kier molecular flexibility index (Phi) is 4.20. The fraction of sp³-hybridized carbons (Fsp3) is 0.136.